The summed E-state index contributed by atoms with van der Waals surface area (Å²) in [5, 5.41) is 7.60. The van der Waals surface area contributed by atoms with Gasteiger partial charge in [-0.15, -0.1) is 0 Å². The highest BCUT2D eigenvalue weighted by molar-refractivity contribution is 9.09. The molecule has 19 heavy (non-hydrogen) atoms. The second-order valence-corrected chi connectivity index (χ2v) is 7.63. The number of alkyl halides is 1. The molecule has 1 aromatic rings. The van der Waals surface area contributed by atoms with Crippen LogP contribution in [0.4, 0.5) is 0 Å². The van der Waals surface area contributed by atoms with Crippen molar-refractivity contribution in [3.8, 4) is 0 Å². The third-order valence-electron chi connectivity index (χ3n) is 3.64. The Hall–Kier alpha value is -0.400. The van der Waals surface area contributed by atoms with Crippen LogP contribution in [0.2, 0.25) is 0 Å². The fourth-order valence-electron chi connectivity index (χ4n) is 2.74. The van der Waals surface area contributed by atoms with Gasteiger partial charge in [0.05, 0.1) is 11.4 Å². The van der Waals surface area contributed by atoms with Gasteiger partial charge in [-0.25, -0.2) is 8.42 Å². The number of halogens is 1. The van der Waals surface area contributed by atoms with Crippen LogP contribution in [-0.4, -0.2) is 40.8 Å². The fraction of sp³-hybridized carbons (Fsp3) is 0.750. The van der Waals surface area contributed by atoms with Gasteiger partial charge >= 0.3 is 0 Å². The van der Waals surface area contributed by atoms with Gasteiger partial charge in [0.1, 0.15) is 4.90 Å². The standard InChI is InChI=1S/C12H20BrN3O2S/c1-9-12(10(2)15-14-9)19(17,18)16-8-4-3-5-11(16)6-7-13/h11H,3-8H2,1-2H3,(H,14,15). The molecule has 1 aromatic heterocycles. The Labute approximate surface area is 122 Å². The summed E-state index contributed by atoms with van der Waals surface area (Å²) >= 11 is 3.42. The molecular formula is C12H20BrN3O2S. The fourth-order valence-corrected chi connectivity index (χ4v) is 5.33. The lowest BCUT2D eigenvalue weighted by Crippen LogP contribution is -2.44. The number of hydrogen-bond donors (Lipinski definition) is 1. The minimum absolute atomic E-state index is 0.104. The molecule has 0 radical (unpaired) electrons. The van der Waals surface area contributed by atoms with Crippen molar-refractivity contribution in [2.75, 3.05) is 11.9 Å². The van der Waals surface area contributed by atoms with Crippen LogP contribution in [0.1, 0.15) is 37.1 Å². The quantitative estimate of drug-likeness (QED) is 0.848. The molecule has 2 heterocycles. The zero-order chi connectivity index (χ0) is 14.0. The predicted octanol–water partition coefficient (Wildman–Crippen LogP) is 2.35. The number of aryl methyl sites for hydroxylation is 2. The van der Waals surface area contributed by atoms with Crippen molar-refractivity contribution in [1.82, 2.24) is 14.5 Å². The molecule has 108 valence electrons. The van der Waals surface area contributed by atoms with Gasteiger partial charge in [-0.1, -0.05) is 22.4 Å². The number of rotatable bonds is 4. The molecule has 0 bridgehead atoms. The van der Waals surface area contributed by atoms with Crippen molar-refractivity contribution < 1.29 is 8.42 Å². The second kappa shape index (κ2) is 5.93. The van der Waals surface area contributed by atoms with Gasteiger partial charge in [-0.05, 0) is 33.1 Å². The Kier molecular flexibility index (Phi) is 4.68. The number of sulfonamides is 1. The maximum atomic E-state index is 12.8. The van der Waals surface area contributed by atoms with Crippen molar-refractivity contribution in [3.63, 3.8) is 0 Å². The molecule has 0 amide bonds. The summed E-state index contributed by atoms with van der Waals surface area (Å²) in [4.78, 5) is 0.356. The highest BCUT2D eigenvalue weighted by Gasteiger charge is 2.35. The lowest BCUT2D eigenvalue weighted by molar-refractivity contribution is 0.248. The van der Waals surface area contributed by atoms with Crippen molar-refractivity contribution >= 4 is 26.0 Å². The van der Waals surface area contributed by atoms with Gasteiger partial charge in [0.2, 0.25) is 10.0 Å². The Balaban J connectivity index is 2.37. The van der Waals surface area contributed by atoms with Crippen LogP contribution in [-0.2, 0) is 10.0 Å². The monoisotopic (exact) mass is 349 g/mol. The van der Waals surface area contributed by atoms with Crippen molar-refractivity contribution in [2.24, 2.45) is 0 Å². The van der Waals surface area contributed by atoms with Gasteiger partial charge in [-0.3, -0.25) is 5.10 Å². The molecule has 0 aromatic carbocycles. The van der Waals surface area contributed by atoms with Crippen LogP contribution in [0.3, 0.4) is 0 Å². The third-order valence-corrected chi connectivity index (χ3v) is 6.32. The largest absolute Gasteiger partial charge is 0.281 e. The first-order chi connectivity index (χ1) is 8.98. The zero-order valence-electron chi connectivity index (χ0n) is 11.3. The maximum Gasteiger partial charge on any atom is 0.246 e. The molecule has 1 atom stereocenters. The zero-order valence-corrected chi connectivity index (χ0v) is 13.7. The summed E-state index contributed by atoms with van der Waals surface area (Å²) in [5.74, 6) is 0. The number of aromatic amines is 1. The smallest absolute Gasteiger partial charge is 0.246 e. The number of H-pyrrole nitrogens is 1. The van der Waals surface area contributed by atoms with Crippen molar-refractivity contribution in [3.05, 3.63) is 11.4 Å². The SMILES string of the molecule is Cc1n[nH]c(C)c1S(=O)(=O)N1CCCCC1CCBr. The van der Waals surface area contributed by atoms with Crippen LogP contribution >= 0.6 is 15.9 Å². The number of hydrogen-bond acceptors (Lipinski definition) is 3. The minimum atomic E-state index is -3.43. The van der Waals surface area contributed by atoms with E-state index in [1.807, 2.05) is 0 Å². The third kappa shape index (κ3) is 2.87. The molecule has 0 aliphatic carbocycles. The molecule has 1 aliphatic rings. The van der Waals surface area contributed by atoms with Crippen LogP contribution in [0.25, 0.3) is 0 Å². The summed E-state index contributed by atoms with van der Waals surface area (Å²) in [6.45, 7) is 4.11. The van der Waals surface area contributed by atoms with Gasteiger partial charge in [0.25, 0.3) is 0 Å². The topological polar surface area (TPSA) is 66.1 Å². The van der Waals surface area contributed by atoms with Gasteiger partial charge in [0, 0.05) is 17.9 Å². The molecule has 1 unspecified atom stereocenters. The van der Waals surface area contributed by atoms with Gasteiger partial charge < -0.3 is 0 Å². The van der Waals surface area contributed by atoms with E-state index in [4.69, 9.17) is 0 Å². The van der Waals surface area contributed by atoms with Crippen molar-refractivity contribution in [1.29, 1.82) is 0 Å². The number of nitrogens with zero attached hydrogens (tertiary/aromatic N) is 2. The maximum absolute atomic E-state index is 12.8. The molecule has 1 fully saturated rings. The average Bonchev–Trinajstić information content (AvgIpc) is 2.70. The number of aromatic nitrogens is 2. The van der Waals surface area contributed by atoms with E-state index in [9.17, 15) is 8.42 Å². The molecule has 0 saturated carbocycles. The van der Waals surface area contributed by atoms with E-state index in [1.165, 1.54) is 0 Å². The summed E-state index contributed by atoms with van der Waals surface area (Å²) in [6, 6.07) is 0.104. The molecule has 0 spiro atoms. The Bertz CT molecular complexity index is 520. The summed E-state index contributed by atoms with van der Waals surface area (Å²) in [5.41, 5.74) is 1.18. The lowest BCUT2D eigenvalue weighted by atomic mass is 10.0. The summed E-state index contributed by atoms with van der Waals surface area (Å²) in [6.07, 6.45) is 3.84. The molecule has 7 heteroatoms. The van der Waals surface area contributed by atoms with E-state index in [0.29, 0.717) is 22.8 Å². The van der Waals surface area contributed by atoms with E-state index < -0.39 is 10.0 Å². The summed E-state index contributed by atoms with van der Waals surface area (Å²) < 4.78 is 27.3. The number of nitrogens with one attached hydrogen (secondary N) is 1. The van der Waals surface area contributed by atoms with Gasteiger partial charge in [0.15, 0.2) is 0 Å². The normalized spacial score (nSPS) is 21.7. The highest BCUT2D eigenvalue weighted by Crippen LogP contribution is 2.29. The molecule has 5 nitrogen and oxygen atoms in total. The van der Waals surface area contributed by atoms with Crippen LogP contribution in [0.5, 0.6) is 0 Å². The first-order valence-electron chi connectivity index (χ1n) is 6.58. The minimum Gasteiger partial charge on any atom is -0.281 e. The molecule has 1 saturated heterocycles. The van der Waals surface area contributed by atoms with E-state index in [-0.39, 0.29) is 6.04 Å². The number of piperidine rings is 1. The van der Waals surface area contributed by atoms with Crippen LogP contribution < -0.4 is 0 Å². The van der Waals surface area contributed by atoms with E-state index >= 15 is 0 Å². The molecule has 2 rings (SSSR count). The lowest BCUT2D eigenvalue weighted by Gasteiger charge is -2.34. The highest BCUT2D eigenvalue weighted by atomic mass is 79.9. The summed E-state index contributed by atoms with van der Waals surface area (Å²) in [7, 11) is -3.43. The predicted molar refractivity (Wildman–Crippen MR) is 78.0 cm³/mol. The van der Waals surface area contributed by atoms with E-state index in [1.54, 1.807) is 18.2 Å². The van der Waals surface area contributed by atoms with E-state index in [0.717, 1.165) is 31.0 Å². The Morgan fingerprint density at radius 1 is 1.42 bits per heavy atom. The van der Waals surface area contributed by atoms with E-state index in [2.05, 4.69) is 26.1 Å². The first kappa shape index (κ1) is 15.0. The van der Waals surface area contributed by atoms with Gasteiger partial charge in [-0.2, -0.15) is 9.40 Å². The molecule has 1 N–H and O–H groups in total. The Morgan fingerprint density at radius 3 is 2.74 bits per heavy atom. The van der Waals surface area contributed by atoms with Crippen LogP contribution in [0, 0.1) is 13.8 Å². The van der Waals surface area contributed by atoms with Crippen molar-refractivity contribution in [2.45, 2.75) is 50.5 Å². The molecular weight excluding hydrogens is 330 g/mol. The first-order valence-corrected chi connectivity index (χ1v) is 9.14. The van der Waals surface area contributed by atoms with Crippen LogP contribution in [0.15, 0.2) is 4.90 Å². The Morgan fingerprint density at radius 2 is 2.16 bits per heavy atom. The molecule has 1 aliphatic heterocycles. The second-order valence-electron chi connectivity index (χ2n) is 5.01. The average molecular weight is 350 g/mol.